The molecule has 1 aliphatic rings. The Labute approximate surface area is 120 Å². The van der Waals surface area contributed by atoms with Gasteiger partial charge in [-0.05, 0) is 24.3 Å². The van der Waals surface area contributed by atoms with Crippen LogP contribution in [0.4, 0.5) is 5.82 Å². The van der Waals surface area contributed by atoms with Crippen LogP contribution < -0.4 is 4.90 Å². The van der Waals surface area contributed by atoms with E-state index < -0.39 is 5.97 Å². The van der Waals surface area contributed by atoms with Gasteiger partial charge in [0.05, 0.1) is 16.5 Å². The van der Waals surface area contributed by atoms with E-state index in [1.807, 2.05) is 23.6 Å². The maximum absolute atomic E-state index is 11.0. The van der Waals surface area contributed by atoms with Crippen LogP contribution in [0.1, 0.15) is 12.8 Å². The Hall–Kier alpha value is -1.95. The van der Waals surface area contributed by atoms with E-state index in [9.17, 15) is 4.79 Å². The van der Waals surface area contributed by atoms with E-state index in [1.54, 1.807) is 17.7 Å². The van der Waals surface area contributed by atoms with Gasteiger partial charge in [0.2, 0.25) is 0 Å². The number of carboxylic acids is 1. The van der Waals surface area contributed by atoms with Gasteiger partial charge in [-0.25, -0.2) is 9.97 Å². The molecule has 1 saturated heterocycles. The smallest absolute Gasteiger partial charge is 0.306 e. The summed E-state index contributed by atoms with van der Waals surface area (Å²) >= 11 is 1.65. The lowest BCUT2D eigenvalue weighted by Gasteiger charge is -2.30. The van der Waals surface area contributed by atoms with Crippen LogP contribution in [0, 0.1) is 5.92 Å². The standard InChI is InChI=1S/C14H15N3O2S/c18-14(19)10-3-5-17(6-4-10)13-8-11(15-9-16-13)12-2-1-7-20-12/h1-2,7-10H,3-6H2,(H,18,19). The molecule has 0 atom stereocenters. The number of hydrogen-bond donors (Lipinski definition) is 1. The molecule has 1 aliphatic heterocycles. The highest BCUT2D eigenvalue weighted by Crippen LogP contribution is 2.27. The van der Waals surface area contributed by atoms with Crippen molar-refractivity contribution in [1.29, 1.82) is 0 Å². The number of carboxylic acid groups (broad SMARTS) is 1. The topological polar surface area (TPSA) is 66.3 Å². The molecule has 0 spiro atoms. The number of aliphatic carboxylic acids is 1. The Morgan fingerprint density at radius 1 is 1.35 bits per heavy atom. The lowest BCUT2D eigenvalue weighted by molar-refractivity contribution is -0.142. The lowest BCUT2D eigenvalue weighted by atomic mass is 9.97. The molecule has 0 bridgehead atoms. The van der Waals surface area contributed by atoms with Crippen LogP contribution in [-0.2, 0) is 4.79 Å². The van der Waals surface area contributed by atoms with Crippen molar-refractivity contribution >= 4 is 23.1 Å². The molecule has 1 fully saturated rings. The van der Waals surface area contributed by atoms with Gasteiger partial charge in [0.25, 0.3) is 0 Å². The molecule has 2 aromatic heterocycles. The molecule has 104 valence electrons. The summed E-state index contributed by atoms with van der Waals surface area (Å²) in [7, 11) is 0. The van der Waals surface area contributed by atoms with Crippen molar-refractivity contribution in [3.8, 4) is 10.6 Å². The van der Waals surface area contributed by atoms with Crippen LogP contribution in [-0.4, -0.2) is 34.1 Å². The van der Waals surface area contributed by atoms with Crippen molar-refractivity contribution in [2.75, 3.05) is 18.0 Å². The molecule has 20 heavy (non-hydrogen) atoms. The maximum atomic E-state index is 11.0. The number of piperidine rings is 1. The zero-order chi connectivity index (χ0) is 13.9. The van der Waals surface area contributed by atoms with E-state index in [0.29, 0.717) is 12.8 Å². The molecule has 0 amide bonds. The first-order valence-corrected chi connectivity index (χ1v) is 7.45. The van der Waals surface area contributed by atoms with Gasteiger partial charge in [-0.3, -0.25) is 4.79 Å². The van der Waals surface area contributed by atoms with Crippen molar-refractivity contribution < 1.29 is 9.90 Å². The van der Waals surface area contributed by atoms with Gasteiger partial charge in [0.15, 0.2) is 0 Å². The summed E-state index contributed by atoms with van der Waals surface area (Å²) in [6, 6.07) is 6.01. The molecule has 1 N–H and O–H groups in total. The van der Waals surface area contributed by atoms with E-state index in [2.05, 4.69) is 14.9 Å². The SMILES string of the molecule is O=C(O)C1CCN(c2cc(-c3cccs3)ncn2)CC1. The minimum Gasteiger partial charge on any atom is -0.481 e. The third-order valence-electron chi connectivity index (χ3n) is 3.59. The van der Waals surface area contributed by atoms with Gasteiger partial charge >= 0.3 is 5.97 Å². The number of carbonyl (C=O) groups is 1. The molecule has 6 heteroatoms. The van der Waals surface area contributed by atoms with Crippen molar-refractivity contribution in [3.05, 3.63) is 29.9 Å². The van der Waals surface area contributed by atoms with Gasteiger partial charge in [0.1, 0.15) is 12.1 Å². The second-order valence-electron chi connectivity index (χ2n) is 4.84. The van der Waals surface area contributed by atoms with Gasteiger partial charge in [-0.1, -0.05) is 6.07 Å². The number of hydrogen-bond acceptors (Lipinski definition) is 5. The zero-order valence-electron chi connectivity index (χ0n) is 10.9. The summed E-state index contributed by atoms with van der Waals surface area (Å²) in [6.45, 7) is 1.47. The highest BCUT2D eigenvalue weighted by molar-refractivity contribution is 7.13. The van der Waals surface area contributed by atoms with Crippen molar-refractivity contribution in [1.82, 2.24) is 9.97 Å². The van der Waals surface area contributed by atoms with Crippen LogP contribution in [0.25, 0.3) is 10.6 Å². The molecule has 3 rings (SSSR count). The highest BCUT2D eigenvalue weighted by atomic mass is 32.1. The third-order valence-corrected chi connectivity index (χ3v) is 4.49. The molecule has 2 aromatic rings. The molecule has 0 radical (unpaired) electrons. The second-order valence-corrected chi connectivity index (χ2v) is 5.79. The van der Waals surface area contributed by atoms with E-state index in [4.69, 9.17) is 5.11 Å². The van der Waals surface area contributed by atoms with Crippen molar-refractivity contribution in [3.63, 3.8) is 0 Å². The number of anilines is 1. The number of nitrogens with zero attached hydrogens (tertiary/aromatic N) is 3. The highest BCUT2D eigenvalue weighted by Gasteiger charge is 2.25. The fraction of sp³-hybridized carbons (Fsp3) is 0.357. The Kier molecular flexibility index (Phi) is 3.64. The average Bonchev–Trinajstić information content (AvgIpc) is 3.02. The maximum Gasteiger partial charge on any atom is 0.306 e. The van der Waals surface area contributed by atoms with E-state index in [1.165, 1.54) is 0 Å². The van der Waals surface area contributed by atoms with E-state index in [0.717, 1.165) is 29.5 Å². The fourth-order valence-electron chi connectivity index (χ4n) is 2.43. The number of thiophene rings is 1. The first kappa shape index (κ1) is 13.1. The predicted molar refractivity (Wildman–Crippen MR) is 77.9 cm³/mol. The Morgan fingerprint density at radius 3 is 2.80 bits per heavy atom. The monoisotopic (exact) mass is 289 g/mol. The first-order chi connectivity index (χ1) is 9.74. The number of rotatable bonds is 3. The Balaban J connectivity index is 1.75. The zero-order valence-corrected chi connectivity index (χ0v) is 11.7. The van der Waals surface area contributed by atoms with Crippen molar-refractivity contribution in [2.24, 2.45) is 5.92 Å². The second kappa shape index (κ2) is 5.58. The van der Waals surface area contributed by atoms with Crippen LogP contribution in [0.2, 0.25) is 0 Å². The normalized spacial score (nSPS) is 16.3. The summed E-state index contributed by atoms with van der Waals surface area (Å²) in [5.74, 6) is -0.0243. The Bertz CT molecular complexity index is 592. The van der Waals surface area contributed by atoms with Gasteiger partial charge < -0.3 is 10.0 Å². The van der Waals surface area contributed by atoms with Crippen LogP contribution >= 0.6 is 11.3 Å². The molecule has 3 heterocycles. The van der Waals surface area contributed by atoms with Crippen LogP contribution in [0.5, 0.6) is 0 Å². The summed E-state index contributed by atoms with van der Waals surface area (Å²) < 4.78 is 0. The lowest BCUT2D eigenvalue weighted by Crippen LogP contribution is -2.36. The largest absolute Gasteiger partial charge is 0.481 e. The van der Waals surface area contributed by atoms with E-state index in [-0.39, 0.29) is 5.92 Å². The van der Waals surface area contributed by atoms with E-state index >= 15 is 0 Å². The molecular formula is C14H15N3O2S. The molecule has 0 unspecified atom stereocenters. The molecule has 0 aliphatic carbocycles. The summed E-state index contributed by atoms with van der Waals surface area (Å²) in [5.41, 5.74) is 0.922. The Morgan fingerprint density at radius 2 is 2.15 bits per heavy atom. The van der Waals surface area contributed by atoms with Gasteiger partial charge in [0, 0.05) is 19.2 Å². The number of aromatic nitrogens is 2. The van der Waals surface area contributed by atoms with Crippen molar-refractivity contribution in [2.45, 2.75) is 12.8 Å². The minimum atomic E-state index is -0.688. The third kappa shape index (κ3) is 2.65. The molecule has 0 aromatic carbocycles. The summed E-state index contributed by atoms with van der Waals surface area (Å²) in [6.07, 6.45) is 2.93. The molecule has 0 saturated carbocycles. The van der Waals surface area contributed by atoms with Crippen LogP contribution in [0.15, 0.2) is 29.9 Å². The first-order valence-electron chi connectivity index (χ1n) is 6.58. The predicted octanol–water partition coefficient (Wildman–Crippen LogP) is 2.51. The summed E-state index contributed by atoms with van der Waals surface area (Å²) in [5, 5.41) is 11.0. The minimum absolute atomic E-state index is 0.218. The van der Waals surface area contributed by atoms with Gasteiger partial charge in [-0.2, -0.15) is 0 Å². The van der Waals surface area contributed by atoms with Crippen LogP contribution in [0.3, 0.4) is 0 Å². The van der Waals surface area contributed by atoms with Gasteiger partial charge in [-0.15, -0.1) is 11.3 Å². The molecule has 5 nitrogen and oxygen atoms in total. The summed E-state index contributed by atoms with van der Waals surface area (Å²) in [4.78, 5) is 22.8. The quantitative estimate of drug-likeness (QED) is 0.940. The fourth-order valence-corrected chi connectivity index (χ4v) is 3.13. The molecular weight excluding hydrogens is 274 g/mol. The average molecular weight is 289 g/mol.